The number of aromatic nitrogens is 1. The van der Waals surface area contributed by atoms with E-state index in [-0.39, 0.29) is 18.6 Å². The van der Waals surface area contributed by atoms with Gasteiger partial charge in [0.15, 0.2) is 11.5 Å². The summed E-state index contributed by atoms with van der Waals surface area (Å²) in [7, 11) is 1.57. The predicted molar refractivity (Wildman–Crippen MR) is 129 cm³/mol. The van der Waals surface area contributed by atoms with Crippen molar-refractivity contribution in [2.45, 2.75) is 12.5 Å². The molecule has 166 valence electrons. The number of nitrogens with zero attached hydrogens (tertiary/aromatic N) is 3. The Labute approximate surface area is 198 Å². The minimum atomic E-state index is -0.0277. The fraction of sp³-hybridized carbons (Fsp3) is 0.167. The highest BCUT2D eigenvalue weighted by molar-refractivity contribution is 7.14. The predicted octanol–water partition coefficient (Wildman–Crippen LogP) is 5.67. The second-order valence-electron chi connectivity index (χ2n) is 7.60. The van der Waals surface area contributed by atoms with E-state index in [1.165, 1.54) is 11.3 Å². The van der Waals surface area contributed by atoms with Crippen LogP contribution in [0.25, 0.3) is 11.3 Å². The molecule has 0 saturated carbocycles. The van der Waals surface area contributed by atoms with Crippen LogP contribution in [-0.2, 0) is 0 Å². The van der Waals surface area contributed by atoms with E-state index in [0.717, 1.165) is 39.2 Å². The van der Waals surface area contributed by atoms with E-state index in [2.05, 4.69) is 17.5 Å². The summed E-state index contributed by atoms with van der Waals surface area (Å²) in [5, 5.41) is 22.1. The van der Waals surface area contributed by atoms with Crippen molar-refractivity contribution in [2.75, 3.05) is 18.9 Å². The summed E-state index contributed by atoms with van der Waals surface area (Å²) in [6.07, 6.45) is 0.753. The van der Waals surface area contributed by atoms with Crippen LogP contribution in [0.5, 0.6) is 23.0 Å². The molecule has 9 heteroatoms. The molecule has 0 spiro atoms. The van der Waals surface area contributed by atoms with Crippen molar-refractivity contribution in [2.24, 2.45) is 5.10 Å². The monoisotopic (exact) mass is 477 g/mol. The van der Waals surface area contributed by atoms with Crippen molar-refractivity contribution in [3.8, 4) is 34.3 Å². The average Bonchev–Trinajstić information content (AvgIpc) is 3.63. The maximum Gasteiger partial charge on any atom is 0.231 e. The molecule has 4 aromatic rings. The van der Waals surface area contributed by atoms with Crippen molar-refractivity contribution in [3.05, 3.63) is 69.7 Å². The van der Waals surface area contributed by atoms with Gasteiger partial charge in [0.25, 0.3) is 0 Å². The molecule has 33 heavy (non-hydrogen) atoms. The Hall–Kier alpha value is -3.56. The van der Waals surface area contributed by atoms with Gasteiger partial charge < -0.3 is 19.3 Å². The van der Waals surface area contributed by atoms with Gasteiger partial charge in [-0.1, -0.05) is 12.1 Å². The largest absolute Gasteiger partial charge is 0.507 e. The molecule has 4 heterocycles. The first-order valence-electron chi connectivity index (χ1n) is 10.3. The minimum Gasteiger partial charge on any atom is -0.507 e. The number of thiophene rings is 1. The van der Waals surface area contributed by atoms with Gasteiger partial charge in [-0.15, -0.1) is 22.7 Å². The van der Waals surface area contributed by atoms with Crippen molar-refractivity contribution in [3.63, 3.8) is 0 Å². The SMILES string of the molecule is COc1ccc(-c2csc(N3N=C(c4cccs4)C[C@@H]3c3ccc4c(c3)OCO4)n2)c(O)c1. The summed E-state index contributed by atoms with van der Waals surface area (Å²) < 4.78 is 16.3. The highest BCUT2D eigenvalue weighted by Gasteiger charge is 2.33. The average molecular weight is 478 g/mol. The number of hydrazone groups is 1. The van der Waals surface area contributed by atoms with Gasteiger partial charge in [0, 0.05) is 23.4 Å². The molecular weight excluding hydrogens is 458 g/mol. The molecule has 0 unspecified atom stereocenters. The first-order valence-corrected chi connectivity index (χ1v) is 12.1. The zero-order chi connectivity index (χ0) is 22.4. The number of phenols is 1. The number of ether oxygens (including phenoxy) is 3. The number of aromatic hydroxyl groups is 1. The number of benzene rings is 2. The Bertz CT molecular complexity index is 1350. The van der Waals surface area contributed by atoms with E-state index in [1.54, 1.807) is 24.5 Å². The van der Waals surface area contributed by atoms with Gasteiger partial charge in [-0.25, -0.2) is 9.99 Å². The lowest BCUT2D eigenvalue weighted by molar-refractivity contribution is 0.174. The summed E-state index contributed by atoms with van der Waals surface area (Å²) in [6, 6.07) is 15.3. The third-order valence-corrected chi connectivity index (χ3v) is 7.42. The molecule has 0 saturated heterocycles. The summed E-state index contributed by atoms with van der Waals surface area (Å²) in [6.45, 7) is 0.241. The number of anilines is 1. The smallest absolute Gasteiger partial charge is 0.231 e. The molecule has 6 rings (SSSR count). The first kappa shape index (κ1) is 20.1. The maximum absolute atomic E-state index is 10.5. The molecular formula is C24H19N3O4S2. The lowest BCUT2D eigenvalue weighted by atomic mass is 10.0. The van der Waals surface area contributed by atoms with E-state index >= 15 is 0 Å². The normalized spacial score (nSPS) is 16.8. The molecule has 0 fully saturated rings. The van der Waals surface area contributed by atoms with Crippen molar-refractivity contribution in [1.82, 2.24) is 4.98 Å². The van der Waals surface area contributed by atoms with Gasteiger partial charge in [-0.05, 0) is 41.3 Å². The topological polar surface area (TPSA) is 76.4 Å². The fourth-order valence-electron chi connectivity index (χ4n) is 4.01. The minimum absolute atomic E-state index is 0.0277. The maximum atomic E-state index is 10.5. The van der Waals surface area contributed by atoms with Crippen LogP contribution in [0.4, 0.5) is 5.13 Å². The standard InChI is InChI=1S/C24H19N3O4S2/c1-29-15-5-6-16(20(28)10-15)18-12-33-24(25-18)27-19(11-17(26-27)23-3-2-8-32-23)14-4-7-21-22(9-14)31-13-30-21/h2-10,12,19,28H,11,13H2,1H3/t19-/m1/s1. The Morgan fingerprint density at radius 2 is 2.00 bits per heavy atom. The number of thiazole rings is 1. The van der Waals surface area contributed by atoms with E-state index in [9.17, 15) is 5.11 Å². The number of hydrogen-bond donors (Lipinski definition) is 1. The van der Waals surface area contributed by atoms with Crippen LogP contribution >= 0.6 is 22.7 Å². The zero-order valence-corrected chi connectivity index (χ0v) is 19.2. The molecule has 2 aromatic carbocycles. The van der Waals surface area contributed by atoms with Crippen LogP contribution < -0.4 is 19.2 Å². The van der Waals surface area contributed by atoms with Crippen LogP contribution in [0.2, 0.25) is 0 Å². The Morgan fingerprint density at radius 1 is 1.09 bits per heavy atom. The quantitative estimate of drug-likeness (QED) is 0.399. The Morgan fingerprint density at radius 3 is 2.82 bits per heavy atom. The van der Waals surface area contributed by atoms with E-state index in [0.29, 0.717) is 17.0 Å². The van der Waals surface area contributed by atoms with Gasteiger partial charge >= 0.3 is 0 Å². The molecule has 1 N–H and O–H groups in total. The number of phenolic OH excluding ortho intramolecular Hbond substituents is 1. The molecule has 7 nitrogen and oxygen atoms in total. The summed E-state index contributed by atoms with van der Waals surface area (Å²) in [4.78, 5) is 5.97. The molecule has 0 radical (unpaired) electrons. The fourth-order valence-corrected chi connectivity index (χ4v) is 5.55. The molecule has 0 amide bonds. The second-order valence-corrected chi connectivity index (χ2v) is 9.38. The number of hydrogen-bond acceptors (Lipinski definition) is 9. The Balaban J connectivity index is 1.38. The third kappa shape index (κ3) is 3.59. The zero-order valence-electron chi connectivity index (χ0n) is 17.6. The number of fused-ring (bicyclic) bond motifs is 1. The van der Waals surface area contributed by atoms with E-state index in [1.807, 2.05) is 40.7 Å². The molecule has 1 atom stereocenters. The van der Waals surface area contributed by atoms with Crippen LogP contribution in [0.3, 0.4) is 0 Å². The van der Waals surface area contributed by atoms with Crippen LogP contribution in [-0.4, -0.2) is 29.7 Å². The first-order chi connectivity index (χ1) is 16.2. The lowest BCUT2D eigenvalue weighted by Crippen LogP contribution is -2.18. The van der Waals surface area contributed by atoms with Crippen LogP contribution in [0.1, 0.15) is 22.9 Å². The van der Waals surface area contributed by atoms with Crippen molar-refractivity contribution >= 4 is 33.5 Å². The van der Waals surface area contributed by atoms with E-state index in [4.69, 9.17) is 24.3 Å². The molecule has 0 bridgehead atoms. The number of methoxy groups -OCH3 is 1. The molecule has 2 aromatic heterocycles. The van der Waals surface area contributed by atoms with Gasteiger partial charge in [-0.3, -0.25) is 0 Å². The van der Waals surface area contributed by atoms with Gasteiger partial charge in [0.1, 0.15) is 11.5 Å². The highest BCUT2D eigenvalue weighted by Crippen LogP contribution is 2.43. The Kier molecular flexibility index (Phi) is 4.92. The van der Waals surface area contributed by atoms with Crippen molar-refractivity contribution < 1.29 is 19.3 Å². The summed E-state index contributed by atoms with van der Waals surface area (Å²) in [5.41, 5.74) is 3.45. The second kappa shape index (κ2) is 8.09. The third-order valence-electron chi connectivity index (χ3n) is 5.67. The molecule has 2 aliphatic rings. The van der Waals surface area contributed by atoms with Crippen LogP contribution in [0.15, 0.2) is 64.4 Å². The summed E-state index contributed by atoms with van der Waals surface area (Å²) >= 11 is 3.17. The van der Waals surface area contributed by atoms with E-state index < -0.39 is 0 Å². The van der Waals surface area contributed by atoms with Crippen molar-refractivity contribution in [1.29, 1.82) is 0 Å². The highest BCUT2D eigenvalue weighted by atomic mass is 32.1. The summed E-state index contributed by atoms with van der Waals surface area (Å²) in [5.74, 6) is 2.23. The molecule has 2 aliphatic heterocycles. The lowest BCUT2D eigenvalue weighted by Gasteiger charge is -2.21. The molecule has 0 aliphatic carbocycles. The van der Waals surface area contributed by atoms with Gasteiger partial charge in [-0.2, -0.15) is 5.10 Å². The van der Waals surface area contributed by atoms with Gasteiger partial charge in [0.05, 0.1) is 29.4 Å². The van der Waals surface area contributed by atoms with Gasteiger partial charge in [0.2, 0.25) is 11.9 Å². The van der Waals surface area contributed by atoms with Crippen LogP contribution in [0, 0.1) is 0 Å². The number of rotatable bonds is 5.